The molecule has 0 saturated carbocycles. The number of esters is 1. The molecule has 1 aliphatic rings. The third-order valence-electron chi connectivity index (χ3n) is 3.42. The van der Waals surface area contributed by atoms with Crippen molar-refractivity contribution in [2.75, 3.05) is 6.54 Å². The van der Waals surface area contributed by atoms with E-state index in [-0.39, 0.29) is 13.2 Å². The van der Waals surface area contributed by atoms with Crippen molar-refractivity contribution in [3.8, 4) is 0 Å². The molecule has 2 aromatic carbocycles. The summed E-state index contributed by atoms with van der Waals surface area (Å²) in [7, 11) is 0. The van der Waals surface area contributed by atoms with Gasteiger partial charge in [0.2, 0.25) is 0 Å². The molecule has 0 radical (unpaired) electrons. The Balaban J connectivity index is 1.54. The Morgan fingerprint density at radius 3 is 2.09 bits per heavy atom. The molecule has 0 saturated heterocycles. The molecule has 6 heteroatoms. The predicted molar refractivity (Wildman–Crippen MR) is 81.2 cm³/mol. The molecule has 0 spiro atoms. The summed E-state index contributed by atoms with van der Waals surface area (Å²) in [5.41, 5.74) is 4.03. The summed E-state index contributed by atoms with van der Waals surface area (Å²) in [5, 5.41) is 0.842. The fraction of sp³-hybridized carbons (Fsp3) is 0.118. The molecule has 3 rings (SSSR count). The second-order valence-corrected chi connectivity index (χ2v) is 4.97. The van der Waals surface area contributed by atoms with Crippen molar-refractivity contribution < 1.29 is 19.1 Å². The highest BCUT2D eigenvalue weighted by atomic mass is 16.5. The lowest BCUT2D eigenvalue weighted by molar-refractivity contribution is -0.144. The van der Waals surface area contributed by atoms with Crippen LogP contribution in [0.4, 0.5) is 0 Å². The number of amides is 2. The van der Waals surface area contributed by atoms with E-state index in [0.717, 1.165) is 10.6 Å². The number of nitrogens with one attached hydrogen (secondary N) is 1. The Labute approximate surface area is 132 Å². The van der Waals surface area contributed by atoms with Gasteiger partial charge in [0.05, 0.1) is 11.1 Å². The van der Waals surface area contributed by atoms with Crippen LogP contribution in [-0.4, -0.2) is 29.3 Å². The number of ether oxygens (including phenoxy) is 1. The Bertz CT molecular complexity index is 723. The molecule has 6 nitrogen and oxygen atoms in total. The second-order valence-electron chi connectivity index (χ2n) is 4.97. The number of carbonyl (C=O) groups is 3. The first-order chi connectivity index (χ1) is 11.2. The number of hydrazine groups is 1. The van der Waals surface area contributed by atoms with Gasteiger partial charge in [0, 0.05) is 0 Å². The molecule has 0 unspecified atom stereocenters. The minimum Gasteiger partial charge on any atom is -0.460 e. The van der Waals surface area contributed by atoms with Crippen LogP contribution in [0.5, 0.6) is 0 Å². The summed E-state index contributed by atoms with van der Waals surface area (Å²) in [5.74, 6) is -1.49. The normalized spacial score (nSPS) is 13.1. The van der Waals surface area contributed by atoms with Crippen molar-refractivity contribution in [1.29, 1.82) is 0 Å². The van der Waals surface area contributed by atoms with Gasteiger partial charge in [-0.1, -0.05) is 42.5 Å². The van der Waals surface area contributed by atoms with Crippen molar-refractivity contribution in [3.05, 3.63) is 71.3 Å². The van der Waals surface area contributed by atoms with E-state index in [1.807, 2.05) is 30.3 Å². The number of nitrogens with zero attached hydrogens (tertiary/aromatic N) is 1. The standard InChI is InChI=1S/C17H14N2O4/c20-15(23-11-12-6-2-1-3-7-12)10-18-19-16(21)13-8-4-5-9-14(13)17(19)22/h1-9,18H,10-11H2. The van der Waals surface area contributed by atoms with E-state index >= 15 is 0 Å². The highest BCUT2D eigenvalue weighted by Crippen LogP contribution is 2.20. The third-order valence-corrected chi connectivity index (χ3v) is 3.42. The zero-order valence-electron chi connectivity index (χ0n) is 12.2. The van der Waals surface area contributed by atoms with Crippen LogP contribution in [0.15, 0.2) is 54.6 Å². The van der Waals surface area contributed by atoms with Crippen molar-refractivity contribution in [1.82, 2.24) is 10.4 Å². The van der Waals surface area contributed by atoms with Crippen LogP contribution < -0.4 is 5.43 Å². The van der Waals surface area contributed by atoms with Crippen LogP contribution in [-0.2, 0) is 16.1 Å². The zero-order chi connectivity index (χ0) is 16.2. The smallest absolute Gasteiger partial charge is 0.322 e. The zero-order valence-corrected chi connectivity index (χ0v) is 12.2. The van der Waals surface area contributed by atoms with Crippen molar-refractivity contribution >= 4 is 17.8 Å². The average Bonchev–Trinajstić information content (AvgIpc) is 2.83. The van der Waals surface area contributed by atoms with Crippen LogP contribution in [0.1, 0.15) is 26.3 Å². The summed E-state index contributed by atoms with van der Waals surface area (Å²) in [6.45, 7) is -0.123. The SMILES string of the molecule is O=C(CNN1C(=O)c2ccccc2C1=O)OCc1ccccc1. The van der Waals surface area contributed by atoms with Crippen LogP contribution >= 0.6 is 0 Å². The van der Waals surface area contributed by atoms with Crippen LogP contribution in [0, 0.1) is 0 Å². The van der Waals surface area contributed by atoms with Crippen LogP contribution in [0.25, 0.3) is 0 Å². The van der Waals surface area contributed by atoms with Crippen LogP contribution in [0.3, 0.4) is 0 Å². The number of hydrogen-bond donors (Lipinski definition) is 1. The molecular weight excluding hydrogens is 296 g/mol. The molecule has 2 aromatic rings. The number of imide groups is 1. The Kier molecular flexibility index (Phi) is 4.16. The van der Waals surface area contributed by atoms with Gasteiger partial charge in [-0.25, -0.2) is 10.4 Å². The van der Waals surface area contributed by atoms with Gasteiger partial charge in [0.1, 0.15) is 13.2 Å². The molecule has 116 valence electrons. The molecule has 0 atom stereocenters. The molecule has 1 N–H and O–H groups in total. The molecular formula is C17H14N2O4. The summed E-state index contributed by atoms with van der Waals surface area (Å²) in [6.07, 6.45) is 0. The average molecular weight is 310 g/mol. The van der Waals surface area contributed by atoms with Crippen molar-refractivity contribution in [2.24, 2.45) is 0 Å². The molecule has 2 amide bonds. The summed E-state index contributed by atoms with van der Waals surface area (Å²) >= 11 is 0. The first-order valence-corrected chi connectivity index (χ1v) is 7.07. The fourth-order valence-electron chi connectivity index (χ4n) is 2.27. The molecule has 0 fully saturated rings. The van der Waals surface area contributed by atoms with Crippen molar-refractivity contribution in [3.63, 3.8) is 0 Å². The van der Waals surface area contributed by atoms with Gasteiger partial charge in [0.25, 0.3) is 11.8 Å². The largest absolute Gasteiger partial charge is 0.460 e. The van der Waals surface area contributed by atoms with Crippen LogP contribution in [0.2, 0.25) is 0 Å². The Morgan fingerprint density at radius 2 is 1.48 bits per heavy atom. The second kappa shape index (κ2) is 6.41. The van der Waals surface area contributed by atoms with E-state index < -0.39 is 17.8 Å². The minimum atomic E-state index is -0.551. The minimum absolute atomic E-state index is 0.142. The maximum Gasteiger partial charge on any atom is 0.322 e. The summed E-state index contributed by atoms with van der Waals surface area (Å²) < 4.78 is 5.08. The fourth-order valence-corrected chi connectivity index (χ4v) is 2.27. The molecule has 1 aliphatic heterocycles. The van der Waals surface area contributed by atoms with E-state index in [4.69, 9.17) is 4.74 Å². The monoisotopic (exact) mass is 310 g/mol. The van der Waals surface area contributed by atoms with Gasteiger partial charge in [-0.2, -0.15) is 0 Å². The van der Waals surface area contributed by atoms with Gasteiger partial charge in [0.15, 0.2) is 0 Å². The lowest BCUT2D eigenvalue weighted by Gasteiger charge is -2.14. The molecule has 0 bridgehead atoms. The van der Waals surface area contributed by atoms with Gasteiger partial charge in [-0.05, 0) is 17.7 Å². The number of carbonyl (C=O) groups excluding carboxylic acids is 3. The van der Waals surface area contributed by atoms with Gasteiger partial charge in [-0.15, -0.1) is 0 Å². The Morgan fingerprint density at radius 1 is 0.913 bits per heavy atom. The van der Waals surface area contributed by atoms with Gasteiger partial charge in [-0.3, -0.25) is 14.4 Å². The topological polar surface area (TPSA) is 75.7 Å². The van der Waals surface area contributed by atoms with E-state index in [0.29, 0.717) is 11.1 Å². The van der Waals surface area contributed by atoms with Crippen molar-refractivity contribution in [2.45, 2.75) is 6.61 Å². The summed E-state index contributed by atoms with van der Waals surface area (Å²) in [6, 6.07) is 15.8. The maximum absolute atomic E-state index is 12.1. The first kappa shape index (κ1) is 14.9. The van der Waals surface area contributed by atoms with Gasteiger partial charge < -0.3 is 4.74 Å². The lowest BCUT2D eigenvalue weighted by Crippen LogP contribution is -2.45. The van der Waals surface area contributed by atoms with Gasteiger partial charge >= 0.3 is 5.97 Å². The number of rotatable bonds is 5. The molecule has 1 heterocycles. The maximum atomic E-state index is 12.1. The highest BCUT2D eigenvalue weighted by Gasteiger charge is 2.35. The van der Waals surface area contributed by atoms with E-state index in [1.165, 1.54) is 0 Å². The van der Waals surface area contributed by atoms with E-state index in [1.54, 1.807) is 24.3 Å². The predicted octanol–water partition coefficient (Wildman–Crippen LogP) is 1.53. The lowest BCUT2D eigenvalue weighted by atomic mass is 10.1. The number of fused-ring (bicyclic) bond motifs is 1. The molecule has 0 aromatic heterocycles. The quantitative estimate of drug-likeness (QED) is 0.669. The molecule has 23 heavy (non-hydrogen) atoms. The third kappa shape index (κ3) is 3.12. The Hall–Kier alpha value is -2.99. The first-order valence-electron chi connectivity index (χ1n) is 7.07. The number of benzene rings is 2. The van der Waals surface area contributed by atoms with E-state index in [9.17, 15) is 14.4 Å². The van der Waals surface area contributed by atoms with E-state index in [2.05, 4.69) is 5.43 Å². The number of hydrogen-bond acceptors (Lipinski definition) is 5. The highest BCUT2D eigenvalue weighted by molar-refractivity contribution is 6.21. The molecule has 0 aliphatic carbocycles. The summed E-state index contributed by atoms with van der Waals surface area (Å²) in [4.78, 5) is 35.9.